The summed E-state index contributed by atoms with van der Waals surface area (Å²) in [5.74, 6) is -0.772. The molecule has 32 heavy (non-hydrogen) atoms. The van der Waals surface area contributed by atoms with Crippen LogP contribution in [0.1, 0.15) is 18.4 Å². The predicted molar refractivity (Wildman–Crippen MR) is 123 cm³/mol. The molecule has 9 nitrogen and oxygen atoms in total. The van der Waals surface area contributed by atoms with E-state index in [2.05, 4.69) is 10.3 Å². The Morgan fingerprint density at radius 1 is 1.25 bits per heavy atom. The minimum absolute atomic E-state index is 0.000619. The van der Waals surface area contributed by atoms with E-state index in [9.17, 15) is 23.3 Å². The number of thiophene rings is 1. The Labute approximate surface area is 192 Å². The number of anilines is 1. The SMILES string of the molecule is Cc1ccc(S(=O)(=O)N2CCCC(C(=O)Nc3nc(-c4cc([N+](=O)[O-])cs4)cs3)C2)cc1. The van der Waals surface area contributed by atoms with Gasteiger partial charge < -0.3 is 5.32 Å². The molecule has 1 N–H and O–H groups in total. The van der Waals surface area contributed by atoms with E-state index < -0.39 is 20.9 Å². The Hall–Kier alpha value is -2.67. The van der Waals surface area contributed by atoms with Gasteiger partial charge in [-0.15, -0.1) is 22.7 Å². The number of sulfonamides is 1. The average Bonchev–Trinajstić information content (AvgIpc) is 3.44. The molecule has 12 heteroatoms. The number of hydrogen-bond acceptors (Lipinski definition) is 8. The molecule has 1 saturated heterocycles. The van der Waals surface area contributed by atoms with Gasteiger partial charge in [0.15, 0.2) is 5.13 Å². The van der Waals surface area contributed by atoms with Gasteiger partial charge in [-0.1, -0.05) is 17.7 Å². The summed E-state index contributed by atoms with van der Waals surface area (Å²) in [5.41, 5.74) is 1.52. The maximum atomic E-state index is 13.0. The molecule has 4 rings (SSSR count). The van der Waals surface area contributed by atoms with Crippen LogP contribution in [0.5, 0.6) is 0 Å². The van der Waals surface area contributed by atoms with Crippen LogP contribution < -0.4 is 5.32 Å². The molecule has 3 heterocycles. The van der Waals surface area contributed by atoms with Crippen LogP contribution in [-0.2, 0) is 14.8 Å². The Bertz CT molecular complexity index is 1250. The molecule has 1 atom stereocenters. The molecule has 0 bridgehead atoms. The zero-order valence-corrected chi connectivity index (χ0v) is 19.5. The fourth-order valence-electron chi connectivity index (χ4n) is 3.44. The van der Waals surface area contributed by atoms with Gasteiger partial charge in [0, 0.05) is 24.5 Å². The highest BCUT2D eigenvalue weighted by Gasteiger charge is 2.33. The summed E-state index contributed by atoms with van der Waals surface area (Å²) < 4.78 is 27.3. The van der Waals surface area contributed by atoms with E-state index in [0.29, 0.717) is 35.1 Å². The van der Waals surface area contributed by atoms with Crippen molar-refractivity contribution in [3.05, 3.63) is 56.8 Å². The summed E-state index contributed by atoms with van der Waals surface area (Å²) in [6.45, 7) is 2.37. The molecule has 0 aliphatic carbocycles. The third-order valence-electron chi connectivity index (χ3n) is 5.20. The van der Waals surface area contributed by atoms with Gasteiger partial charge in [0.1, 0.15) is 0 Å². The molecule has 1 aliphatic heterocycles. The molecule has 1 fully saturated rings. The van der Waals surface area contributed by atoms with Gasteiger partial charge in [0.05, 0.1) is 31.7 Å². The standard InChI is InChI=1S/C20H20N4O5S3/c1-13-4-6-16(7-5-13)32(28,29)23-8-2-3-14(10-23)19(25)22-20-21-17(12-31-20)18-9-15(11-30-18)24(26)27/h4-7,9,11-12,14H,2-3,8,10H2,1H3,(H,21,22,25). The molecule has 1 aromatic carbocycles. The second-order valence-electron chi connectivity index (χ2n) is 7.47. The van der Waals surface area contributed by atoms with Gasteiger partial charge in [-0.2, -0.15) is 4.31 Å². The molecule has 0 spiro atoms. The number of nitro groups is 1. The lowest BCUT2D eigenvalue weighted by atomic mass is 9.99. The zero-order chi connectivity index (χ0) is 22.9. The summed E-state index contributed by atoms with van der Waals surface area (Å²) >= 11 is 2.43. The van der Waals surface area contributed by atoms with Crippen molar-refractivity contribution in [3.8, 4) is 10.6 Å². The molecular weight excluding hydrogens is 472 g/mol. The van der Waals surface area contributed by atoms with E-state index in [-0.39, 0.29) is 23.0 Å². The van der Waals surface area contributed by atoms with E-state index in [1.807, 2.05) is 6.92 Å². The van der Waals surface area contributed by atoms with Gasteiger partial charge in [0.25, 0.3) is 5.69 Å². The second-order valence-corrected chi connectivity index (χ2v) is 11.2. The van der Waals surface area contributed by atoms with Crippen molar-refractivity contribution in [3.63, 3.8) is 0 Å². The number of carbonyl (C=O) groups excluding carboxylic acids is 1. The Morgan fingerprint density at radius 3 is 2.69 bits per heavy atom. The Morgan fingerprint density at radius 2 is 2.00 bits per heavy atom. The number of aryl methyl sites for hydroxylation is 1. The van der Waals surface area contributed by atoms with Crippen molar-refractivity contribution in [2.24, 2.45) is 5.92 Å². The van der Waals surface area contributed by atoms with Crippen LogP contribution in [0.15, 0.2) is 46.0 Å². The normalized spacial score (nSPS) is 17.2. The number of nitrogens with zero attached hydrogens (tertiary/aromatic N) is 3. The first-order valence-electron chi connectivity index (χ1n) is 9.80. The number of benzene rings is 1. The molecule has 1 aliphatic rings. The molecule has 0 saturated carbocycles. The highest BCUT2D eigenvalue weighted by Crippen LogP contribution is 2.33. The zero-order valence-electron chi connectivity index (χ0n) is 17.1. The molecule has 0 radical (unpaired) electrons. The number of thiazole rings is 1. The summed E-state index contributed by atoms with van der Waals surface area (Å²) in [4.78, 5) is 28.4. The second kappa shape index (κ2) is 9.06. The quantitative estimate of drug-likeness (QED) is 0.408. The van der Waals surface area contributed by atoms with E-state index in [4.69, 9.17) is 0 Å². The lowest BCUT2D eigenvalue weighted by Crippen LogP contribution is -2.43. The first-order valence-corrected chi connectivity index (χ1v) is 13.0. The van der Waals surface area contributed by atoms with Crippen molar-refractivity contribution < 1.29 is 18.1 Å². The number of carbonyl (C=O) groups is 1. The minimum Gasteiger partial charge on any atom is -0.302 e. The van der Waals surface area contributed by atoms with E-state index in [0.717, 1.165) is 5.56 Å². The van der Waals surface area contributed by atoms with Crippen molar-refractivity contribution in [1.29, 1.82) is 0 Å². The Balaban J connectivity index is 1.43. The molecule has 2 aromatic heterocycles. The van der Waals surface area contributed by atoms with Crippen molar-refractivity contribution >= 4 is 49.4 Å². The number of rotatable bonds is 6. The highest BCUT2D eigenvalue weighted by molar-refractivity contribution is 7.89. The summed E-state index contributed by atoms with van der Waals surface area (Å²) in [6, 6.07) is 8.12. The fourth-order valence-corrected chi connectivity index (χ4v) is 6.57. The third kappa shape index (κ3) is 4.72. The van der Waals surface area contributed by atoms with E-state index in [1.165, 1.54) is 38.4 Å². The number of aromatic nitrogens is 1. The van der Waals surface area contributed by atoms with Crippen molar-refractivity contribution in [2.75, 3.05) is 18.4 Å². The van der Waals surface area contributed by atoms with Crippen LogP contribution in [0.2, 0.25) is 0 Å². The number of hydrogen-bond donors (Lipinski definition) is 1. The maximum absolute atomic E-state index is 13.0. The summed E-state index contributed by atoms with van der Waals surface area (Å²) in [7, 11) is -3.67. The molecule has 3 aromatic rings. The predicted octanol–water partition coefficient (Wildman–Crippen LogP) is 4.13. The first-order chi connectivity index (χ1) is 15.2. The van der Waals surface area contributed by atoms with Crippen LogP contribution in [0.25, 0.3) is 10.6 Å². The van der Waals surface area contributed by atoms with E-state index in [1.54, 1.807) is 29.6 Å². The number of nitrogens with one attached hydrogen (secondary N) is 1. The largest absolute Gasteiger partial charge is 0.302 e. The number of piperidine rings is 1. The molecule has 168 valence electrons. The van der Waals surface area contributed by atoms with Crippen LogP contribution in [-0.4, -0.2) is 41.6 Å². The number of amides is 1. The summed E-state index contributed by atoms with van der Waals surface area (Å²) in [6.07, 6.45) is 1.17. The highest BCUT2D eigenvalue weighted by atomic mass is 32.2. The summed E-state index contributed by atoms with van der Waals surface area (Å²) in [5, 5.41) is 17.2. The van der Waals surface area contributed by atoms with Crippen LogP contribution in [0, 0.1) is 23.0 Å². The lowest BCUT2D eigenvalue weighted by molar-refractivity contribution is -0.384. The topological polar surface area (TPSA) is 123 Å². The molecular formula is C20H20N4O5S3. The fraction of sp³-hybridized carbons (Fsp3) is 0.300. The van der Waals surface area contributed by atoms with Gasteiger partial charge in [0.2, 0.25) is 15.9 Å². The minimum atomic E-state index is -3.67. The van der Waals surface area contributed by atoms with Gasteiger partial charge in [-0.25, -0.2) is 13.4 Å². The van der Waals surface area contributed by atoms with E-state index >= 15 is 0 Å². The third-order valence-corrected chi connectivity index (χ3v) is 8.77. The maximum Gasteiger partial charge on any atom is 0.280 e. The first kappa shape index (κ1) is 22.5. The van der Waals surface area contributed by atoms with Crippen LogP contribution >= 0.6 is 22.7 Å². The van der Waals surface area contributed by atoms with Crippen molar-refractivity contribution in [1.82, 2.24) is 9.29 Å². The smallest absolute Gasteiger partial charge is 0.280 e. The van der Waals surface area contributed by atoms with Gasteiger partial charge in [-0.3, -0.25) is 14.9 Å². The Kier molecular flexibility index (Phi) is 6.38. The van der Waals surface area contributed by atoms with Crippen LogP contribution in [0.3, 0.4) is 0 Å². The van der Waals surface area contributed by atoms with Crippen LogP contribution in [0.4, 0.5) is 10.8 Å². The van der Waals surface area contributed by atoms with Gasteiger partial charge in [-0.05, 0) is 31.9 Å². The monoisotopic (exact) mass is 492 g/mol. The molecule has 1 amide bonds. The average molecular weight is 493 g/mol. The molecule has 1 unspecified atom stereocenters. The van der Waals surface area contributed by atoms with Crippen molar-refractivity contribution in [2.45, 2.75) is 24.7 Å². The lowest BCUT2D eigenvalue weighted by Gasteiger charge is -2.31. The van der Waals surface area contributed by atoms with Gasteiger partial charge >= 0.3 is 0 Å².